The van der Waals surface area contributed by atoms with Crippen LogP contribution >= 0.6 is 34.5 Å². The molecule has 0 radical (unpaired) electrons. The Bertz CT molecular complexity index is 1370. The normalized spacial score (nSPS) is 11.3. The zero-order valence-electron chi connectivity index (χ0n) is 15.5. The van der Waals surface area contributed by atoms with Crippen LogP contribution in [0.1, 0.15) is 16.0 Å². The highest BCUT2D eigenvalue weighted by molar-refractivity contribution is 7.18. The molecule has 0 aliphatic carbocycles. The summed E-state index contributed by atoms with van der Waals surface area (Å²) in [5.41, 5.74) is 1.02. The van der Waals surface area contributed by atoms with E-state index in [2.05, 4.69) is 0 Å². The number of aromatic nitrogens is 2. The molecule has 4 nitrogen and oxygen atoms in total. The fourth-order valence-corrected chi connectivity index (χ4v) is 4.65. The Morgan fingerprint density at radius 1 is 1.00 bits per heavy atom. The van der Waals surface area contributed by atoms with Crippen molar-refractivity contribution in [2.24, 2.45) is 0 Å². The SMILES string of the molecule is Cc1sc2c(c1C)c(=O)n(-c1ccc(Cl)c(Cl)c1)c(=O)n2Cc1ccc(F)cc1. The summed E-state index contributed by atoms with van der Waals surface area (Å²) in [5, 5.41) is 1.07. The highest BCUT2D eigenvalue weighted by atomic mass is 35.5. The molecule has 2 aromatic heterocycles. The van der Waals surface area contributed by atoms with Crippen molar-refractivity contribution in [3.63, 3.8) is 0 Å². The first kappa shape index (κ1) is 19.9. The fourth-order valence-electron chi connectivity index (χ4n) is 3.22. The number of aryl methyl sites for hydroxylation is 2. The predicted octanol–water partition coefficient (Wildman–Crippen LogP) is 5.32. The molecule has 0 N–H and O–H groups in total. The van der Waals surface area contributed by atoms with Gasteiger partial charge in [-0.2, -0.15) is 0 Å². The third kappa shape index (κ3) is 3.41. The van der Waals surface area contributed by atoms with Crippen LogP contribution in [0.5, 0.6) is 0 Å². The molecule has 0 amide bonds. The number of thiophene rings is 1. The summed E-state index contributed by atoms with van der Waals surface area (Å²) in [5.74, 6) is -0.352. The number of rotatable bonds is 3. The van der Waals surface area contributed by atoms with Crippen molar-refractivity contribution >= 4 is 44.8 Å². The minimum absolute atomic E-state index is 0.205. The topological polar surface area (TPSA) is 44.0 Å². The van der Waals surface area contributed by atoms with Crippen LogP contribution in [0, 0.1) is 19.7 Å². The molecule has 0 aliphatic rings. The highest BCUT2D eigenvalue weighted by Gasteiger charge is 2.20. The second kappa shape index (κ2) is 7.44. The molecule has 4 aromatic rings. The third-order valence-corrected chi connectivity index (χ3v) is 6.84. The Labute approximate surface area is 179 Å². The lowest BCUT2D eigenvalue weighted by atomic mass is 10.2. The quantitative estimate of drug-likeness (QED) is 0.425. The van der Waals surface area contributed by atoms with Gasteiger partial charge in [-0.1, -0.05) is 35.3 Å². The van der Waals surface area contributed by atoms with E-state index in [9.17, 15) is 14.0 Å². The van der Waals surface area contributed by atoms with Crippen LogP contribution in [0.2, 0.25) is 10.0 Å². The zero-order valence-corrected chi connectivity index (χ0v) is 17.8. The van der Waals surface area contributed by atoms with E-state index in [0.717, 1.165) is 20.6 Å². The molecular formula is C21H15Cl2FN2O2S. The van der Waals surface area contributed by atoms with Crippen molar-refractivity contribution in [1.29, 1.82) is 0 Å². The van der Waals surface area contributed by atoms with Gasteiger partial charge in [0, 0.05) is 4.88 Å². The van der Waals surface area contributed by atoms with Gasteiger partial charge in [-0.3, -0.25) is 9.36 Å². The lowest BCUT2D eigenvalue weighted by Gasteiger charge is -2.13. The minimum Gasteiger partial charge on any atom is -0.280 e. The summed E-state index contributed by atoms with van der Waals surface area (Å²) >= 11 is 13.5. The monoisotopic (exact) mass is 448 g/mol. The summed E-state index contributed by atoms with van der Waals surface area (Å²) in [4.78, 5) is 28.2. The molecule has 8 heteroatoms. The van der Waals surface area contributed by atoms with Crippen molar-refractivity contribution in [3.8, 4) is 5.69 Å². The van der Waals surface area contributed by atoms with Crippen molar-refractivity contribution in [1.82, 2.24) is 9.13 Å². The molecular weight excluding hydrogens is 434 g/mol. The van der Waals surface area contributed by atoms with Crippen LogP contribution in [0.4, 0.5) is 4.39 Å². The molecule has 29 heavy (non-hydrogen) atoms. The summed E-state index contributed by atoms with van der Waals surface area (Å²) < 4.78 is 15.9. The van der Waals surface area contributed by atoms with E-state index in [1.165, 1.54) is 34.1 Å². The maximum Gasteiger partial charge on any atom is 0.337 e. The van der Waals surface area contributed by atoms with Gasteiger partial charge in [-0.25, -0.2) is 13.8 Å². The molecule has 148 valence electrons. The van der Waals surface area contributed by atoms with Crippen LogP contribution < -0.4 is 11.2 Å². The summed E-state index contributed by atoms with van der Waals surface area (Å²) in [6.07, 6.45) is 0. The summed E-state index contributed by atoms with van der Waals surface area (Å²) in [6.45, 7) is 3.98. The average Bonchev–Trinajstić information content (AvgIpc) is 2.98. The lowest BCUT2D eigenvalue weighted by molar-refractivity contribution is 0.626. The molecule has 4 rings (SSSR count). The zero-order chi connectivity index (χ0) is 20.9. The highest BCUT2D eigenvalue weighted by Crippen LogP contribution is 2.28. The number of fused-ring (bicyclic) bond motifs is 1. The molecule has 2 heterocycles. The number of halogens is 3. The molecule has 2 aromatic carbocycles. The van der Waals surface area contributed by atoms with Gasteiger partial charge < -0.3 is 0 Å². The molecule has 0 spiro atoms. The second-order valence-electron chi connectivity index (χ2n) is 6.70. The Hall–Kier alpha value is -2.41. The van der Waals surface area contributed by atoms with Crippen LogP contribution in [0.3, 0.4) is 0 Å². The Morgan fingerprint density at radius 2 is 1.69 bits per heavy atom. The molecule has 0 saturated carbocycles. The van der Waals surface area contributed by atoms with E-state index >= 15 is 0 Å². The van der Waals surface area contributed by atoms with Crippen molar-refractivity contribution in [2.75, 3.05) is 0 Å². The average molecular weight is 449 g/mol. The van der Waals surface area contributed by atoms with Gasteiger partial charge in [-0.15, -0.1) is 11.3 Å². The van der Waals surface area contributed by atoms with E-state index < -0.39 is 11.2 Å². The first-order valence-corrected chi connectivity index (χ1v) is 10.3. The fraction of sp³-hybridized carbons (Fsp3) is 0.143. The van der Waals surface area contributed by atoms with Crippen molar-refractivity contribution < 1.29 is 4.39 Å². The van der Waals surface area contributed by atoms with E-state index in [4.69, 9.17) is 23.2 Å². The first-order chi connectivity index (χ1) is 13.8. The van der Waals surface area contributed by atoms with E-state index in [0.29, 0.717) is 20.9 Å². The Balaban J connectivity index is 2.05. The van der Waals surface area contributed by atoms with E-state index in [1.807, 2.05) is 13.8 Å². The van der Waals surface area contributed by atoms with Gasteiger partial charge >= 0.3 is 5.69 Å². The predicted molar refractivity (Wildman–Crippen MR) is 117 cm³/mol. The third-order valence-electron chi connectivity index (χ3n) is 4.87. The van der Waals surface area contributed by atoms with Crippen molar-refractivity contribution in [2.45, 2.75) is 20.4 Å². The Kier molecular flexibility index (Phi) is 5.11. The molecule has 0 saturated heterocycles. The van der Waals surface area contributed by atoms with Gasteiger partial charge in [-0.05, 0) is 55.3 Å². The van der Waals surface area contributed by atoms with Crippen LogP contribution in [-0.4, -0.2) is 9.13 Å². The number of hydrogen-bond donors (Lipinski definition) is 0. The smallest absolute Gasteiger partial charge is 0.280 e. The Morgan fingerprint density at radius 3 is 2.34 bits per heavy atom. The molecule has 0 fully saturated rings. The molecule has 0 atom stereocenters. The van der Waals surface area contributed by atoms with Crippen LogP contribution in [-0.2, 0) is 6.54 Å². The molecule has 0 aliphatic heterocycles. The van der Waals surface area contributed by atoms with Crippen LogP contribution in [0.15, 0.2) is 52.1 Å². The maximum absolute atomic E-state index is 13.4. The number of nitrogens with zero attached hydrogens (tertiary/aromatic N) is 2. The molecule has 0 bridgehead atoms. The maximum atomic E-state index is 13.4. The number of hydrogen-bond acceptors (Lipinski definition) is 3. The van der Waals surface area contributed by atoms with E-state index in [-0.39, 0.29) is 17.4 Å². The van der Waals surface area contributed by atoms with Crippen molar-refractivity contribution in [3.05, 3.63) is 95.2 Å². The lowest BCUT2D eigenvalue weighted by Crippen LogP contribution is -2.38. The second-order valence-corrected chi connectivity index (χ2v) is 8.72. The largest absolute Gasteiger partial charge is 0.337 e. The van der Waals surface area contributed by atoms with Crippen LogP contribution in [0.25, 0.3) is 15.9 Å². The summed E-state index contributed by atoms with van der Waals surface area (Å²) in [7, 11) is 0. The standard InChI is InChI=1S/C21H15Cl2FN2O2S/c1-11-12(2)29-20-18(11)19(27)26(15-7-8-16(22)17(23)9-15)21(28)25(20)10-13-3-5-14(24)6-4-13/h3-9H,10H2,1-2H3. The van der Waals surface area contributed by atoms with Gasteiger partial charge in [0.15, 0.2) is 0 Å². The number of benzene rings is 2. The summed E-state index contributed by atoms with van der Waals surface area (Å²) in [6, 6.07) is 10.6. The molecule has 0 unspecified atom stereocenters. The van der Waals surface area contributed by atoms with Gasteiger partial charge in [0.1, 0.15) is 10.6 Å². The van der Waals surface area contributed by atoms with Gasteiger partial charge in [0.25, 0.3) is 5.56 Å². The van der Waals surface area contributed by atoms with E-state index in [1.54, 1.807) is 24.3 Å². The minimum atomic E-state index is -0.494. The van der Waals surface area contributed by atoms with Gasteiger partial charge in [0.05, 0.1) is 27.7 Å². The van der Waals surface area contributed by atoms with Gasteiger partial charge in [0.2, 0.25) is 0 Å². The first-order valence-electron chi connectivity index (χ1n) is 8.73.